The molecule has 0 aromatic heterocycles. The zero-order valence-corrected chi connectivity index (χ0v) is 14.8. The summed E-state index contributed by atoms with van der Waals surface area (Å²) in [5.74, 6) is 0.722. The summed E-state index contributed by atoms with van der Waals surface area (Å²) in [6, 6.07) is 10.8. The van der Waals surface area contributed by atoms with Crippen molar-refractivity contribution in [2.45, 2.75) is 43.7 Å². The van der Waals surface area contributed by atoms with Crippen molar-refractivity contribution in [2.24, 2.45) is 5.92 Å². The van der Waals surface area contributed by atoms with Crippen LogP contribution in [0.25, 0.3) is 0 Å². The van der Waals surface area contributed by atoms with E-state index in [0.717, 1.165) is 12.0 Å². The largest absolute Gasteiger partial charge is 0.363 e. The fourth-order valence-corrected chi connectivity index (χ4v) is 7.37. The Morgan fingerprint density at radius 2 is 2.17 bits per heavy atom. The lowest BCUT2D eigenvalue weighted by Gasteiger charge is -2.56. The van der Waals surface area contributed by atoms with Crippen LogP contribution in [0.4, 0.5) is 5.69 Å². The Morgan fingerprint density at radius 3 is 3.04 bits per heavy atom. The zero-order chi connectivity index (χ0) is 16.1. The summed E-state index contributed by atoms with van der Waals surface area (Å²) < 4.78 is 1.28. The Bertz CT molecular complexity index is 806. The summed E-state index contributed by atoms with van der Waals surface area (Å²) in [6.45, 7) is 6.10. The molecule has 124 valence electrons. The van der Waals surface area contributed by atoms with E-state index in [2.05, 4.69) is 55.3 Å². The number of nitrogens with zero attached hydrogens (tertiary/aromatic N) is 2. The van der Waals surface area contributed by atoms with Crippen LogP contribution in [-0.4, -0.2) is 43.2 Å². The monoisotopic (exact) mass is 319 g/mol. The fraction of sp³-hybridized carbons (Fsp3) is 0.545. The lowest BCUT2D eigenvalue weighted by molar-refractivity contribution is -0.924. The van der Waals surface area contributed by atoms with Crippen LogP contribution in [0.15, 0.2) is 47.6 Å². The van der Waals surface area contributed by atoms with Crippen LogP contribution in [0.5, 0.6) is 0 Å². The van der Waals surface area contributed by atoms with Crippen molar-refractivity contribution in [2.75, 3.05) is 31.6 Å². The minimum Gasteiger partial charge on any atom is -0.363 e. The van der Waals surface area contributed by atoms with Crippen molar-refractivity contribution in [3.8, 4) is 0 Å². The molecule has 2 heteroatoms. The second-order valence-electron chi connectivity index (χ2n) is 8.93. The van der Waals surface area contributed by atoms with Gasteiger partial charge in [0.15, 0.2) is 0 Å². The second-order valence-corrected chi connectivity index (χ2v) is 8.93. The molecular formula is C22H27N2+. The van der Waals surface area contributed by atoms with Gasteiger partial charge in [-0.25, -0.2) is 0 Å². The molecular weight excluding hydrogens is 292 g/mol. The number of likely N-dealkylation sites (N-methyl/N-ethyl adjacent to an activating group) is 1. The Labute approximate surface area is 145 Å². The molecule has 4 heterocycles. The van der Waals surface area contributed by atoms with Gasteiger partial charge < -0.3 is 9.38 Å². The van der Waals surface area contributed by atoms with E-state index in [9.17, 15) is 0 Å². The van der Waals surface area contributed by atoms with Crippen LogP contribution >= 0.6 is 0 Å². The summed E-state index contributed by atoms with van der Waals surface area (Å²) in [5.41, 5.74) is 7.10. The maximum atomic E-state index is 2.79. The minimum absolute atomic E-state index is 0.382. The van der Waals surface area contributed by atoms with E-state index in [0.29, 0.717) is 11.5 Å². The molecule has 1 spiro atoms. The molecule has 2 nitrogen and oxygen atoms in total. The predicted octanol–water partition coefficient (Wildman–Crippen LogP) is 3.64. The molecule has 1 aliphatic carbocycles. The smallest absolute Gasteiger partial charge is 0.102 e. The second kappa shape index (κ2) is 4.16. The van der Waals surface area contributed by atoms with Crippen LogP contribution in [0.2, 0.25) is 0 Å². The third-order valence-corrected chi connectivity index (χ3v) is 8.19. The molecule has 6 rings (SSSR count). The number of benzene rings is 1. The Morgan fingerprint density at radius 1 is 1.29 bits per heavy atom. The Kier molecular flexibility index (Phi) is 2.38. The SMILES string of the molecule is C/C=C1\C[N+]2(C)CCC34c5ccccc5N5CCC=C(C1CC32)C54. The van der Waals surface area contributed by atoms with Crippen molar-refractivity contribution >= 4 is 5.69 Å². The van der Waals surface area contributed by atoms with Gasteiger partial charge in [0, 0.05) is 31.0 Å². The predicted molar refractivity (Wildman–Crippen MR) is 98.1 cm³/mol. The van der Waals surface area contributed by atoms with Crippen LogP contribution in [0, 0.1) is 5.92 Å². The molecule has 1 saturated carbocycles. The van der Waals surface area contributed by atoms with Crippen LogP contribution in [-0.2, 0) is 5.41 Å². The van der Waals surface area contributed by atoms with Crippen molar-refractivity contribution in [1.29, 1.82) is 0 Å². The highest BCUT2D eigenvalue weighted by atomic mass is 15.4. The summed E-state index contributed by atoms with van der Waals surface area (Å²) >= 11 is 0. The first kappa shape index (κ1) is 13.7. The van der Waals surface area contributed by atoms with E-state index < -0.39 is 0 Å². The van der Waals surface area contributed by atoms with Crippen LogP contribution in [0.3, 0.4) is 0 Å². The first-order chi connectivity index (χ1) is 11.7. The lowest BCUT2D eigenvalue weighted by atomic mass is 9.57. The lowest BCUT2D eigenvalue weighted by Crippen LogP contribution is -2.67. The van der Waals surface area contributed by atoms with Gasteiger partial charge in [-0.3, -0.25) is 0 Å². The van der Waals surface area contributed by atoms with Crippen LogP contribution in [0.1, 0.15) is 31.7 Å². The van der Waals surface area contributed by atoms with Crippen molar-refractivity contribution in [3.05, 3.63) is 53.1 Å². The first-order valence-corrected chi connectivity index (χ1v) is 9.74. The van der Waals surface area contributed by atoms with E-state index in [1.807, 2.05) is 0 Å². The summed E-state index contributed by atoms with van der Waals surface area (Å²) in [6.07, 6.45) is 9.04. The van der Waals surface area contributed by atoms with Crippen molar-refractivity contribution in [3.63, 3.8) is 0 Å². The molecule has 24 heavy (non-hydrogen) atoms. The average Bonchev–Trinajstić information content (AvgIpc) is 3.11. The van der Waals surface area contributed by atoms with E-state index in [1.165, 1.54) is 43.4 Å². The van der Waals surface area contributed by atoms with Gasteiger partial charge in [-0.2, -0.15) is 0 Å². The number of hydrogen-bond donors (Lipinski definition) is 0. The van der Waals surface area contributed by atoms with E-state index in [-0.39, 0.29) is 0 Å². The normalized spacial score (nSPS) is 45.9. The number of para-hydroxylation sites is 1. The van der Waals surface area contributed by atoms with E-state index in [1.54, 1.807) is 22.4 Å². The number of piperidine rings is 1. The third kappa shape index (κ3) is 1.29. The summed E-state index contributed by atoms with van der Waals surface area (Å²) in [7, 11) is 2.54. The fourth-order valence-electron chi connectivity index (χ4n) is 7.37. The molecule has 0 N–H and O–H groups in total. The van der Waals surface area contributed by atoms with Gasteiger partial charge in [-0.15, -0.1) is 0 Å². The van der Waals surface area contributed by atoms with Crippen LogP contribution < -0.4 is 4.90 Å². The number of hydrogen-bond acceptors (Lipinski definition) is 1. The highest BCUT2D eigenvalue weighted by molar-refractivity contribution is 5.70. The Balaban J connectivity index is 1.67. The average molecular weight is 319 g/mol. The molecule has 5 atom stereocenters. The van der Waals surface area contributed by atoms with Gasteiger partial charge in [-0.1, -0.05) is 30.4 Å². The van der Waals surface area contributed by atoms with E-state index in [4.69, 9.17) is 0 Å². The molecule has 2 saturated heterocycles. The van der Waals surface area contributed by atoms with Gasteiger partial charge in [0.05, 0.1) is 25.0 Å². The van der Waals surface area contributed by atoms with Crippen molar-refractivity contribution in [1.82, 2.24) is 0 Å². The van der Waals surface area contributed by atoms with Gasteiger partial charge >= 0.3 is 0 Å². The quantitative estimate of drug-likeness (QED) is 0.521. The summed E-state index contributed by atoms with van der Waals surface area (Å²) in [5, 5.41) is 0. The molecule has 5 aliphatic rings. The highest BCUT2D eigenvalue weighted by Gasteiger charge is 2.71. The Hall–Kier alpha value is -1.54. The molecule has 4 aliphatic heterocycles. The molecule has 0 amide bonds. The molecule has 1 aromatic carbocycles. The number of rotatable bonds is 0. The molecule has 1 aromatic rings. The molecule has 0 radical (unpaired) electrons. The molecule has 3 fully saturated rings. The van der Waals surface area contributed by atoms with Gasteiger partial charge in [0.1, 0.15) is 12.6 Å². The molecule has 2 bridgehead atoms. The maximum absolute atomic E-state index is 2.79. The van der Waals surface area contributed by atoms with Crippen molar-refractivity contribution < 1.29 is 4.48 Å². The third-order valence-electron chi connectivity index (χ3n) is 8.19. The number of fused-ring (bicyclic) bond motifs is 4. The number of allylic oxidation sites excluding steroid dienone is 1. The summed E-state index contributed by atoms with van der Waals surface area (Å²) in [4.78, 5) is 2.79. The maximum Gasteiger partial charge on any atom is 0.102 e. The minimum atomic E-state index is 0.382. The highest BCUT2D eigenvalue weighted by Crippen LogP contribution is 2.65. The first-order valence-electron chi connectivity index (χ1n) is 9.74. The molecule has 5 unspecified atom stereocenters. The van der Waals surface area contributed by atoms with Gasteiger partial charge in [0.2, 0.25) is 0 Å². The zero-order valence-electron chi connectivity index (χ0n) is 14.8. The van der Waals surface area contributed by atoms with E-state index >= 15 is 0 Å². The topological polar surface area (TPSA) is 3.24 Å². The van der Waals surface area contributed by atoms with Gasteiger partial charge in [-0.05, 0) is 36.1 Å². The number of quaternary nitrogens is 1. The number of anilines is 1. The standard InChI is InChI=1S/C22H27N2/c1-3-15-14-24(2)12-10-22-18-8-4-5-9-19(18)23-11-6-7-16(21(22)23)17(15)13-20(22)24/h3-5,7-9,17,20-21H,6,10-14H2,1-2H3/q+1/b15-3+. The van der Waals surface area contributed by atoms with Gasteiger partial charge in [0.25, 0.3) is 0 Å².